The largest absolute Gasteiger partial charge is 0.509 e. The lowest BCUT2D eigenvalue weighted by Gasteiger charge is -2.16. The summed E-state index contributed by atoms with van der Waals surface area (Å²) in [6.07, 6.45) is 0. The molecular formula is C9H11BF3-. The van der Waals surface area contributed by atoms with E-state index in [0.29, 0.717) is 0 Å². The van der Waals surface area contributed by atoms with Gasteiger partial charge in [0.1, 0.15) is 0 Å². The van der Waals surface area contributed by atoms with E-state index >= 15 is 0 Å². The maximum absolute atomic E-state index is 12.3. The molecule has 0 bridgehead atoms. The molecule has 0 aliphatic heterocycles. The number of benzene rings is 1. The van der Waals surface area contributed by atoms with Crippen molar-refractivity contribution >= 4 is 12.4 Å². The Labute approximate surface area is 75.8 Å². The van der Waals surface area contributed by atoms with E-state index in [4.69, 9.17) is 0 Å². The van der Waals surface area contributed by atoms with E-state index in [1.165, 1.54) is 12.1 Å². The Hall–Kier alpha value is -0.925. The molecule has 1 aromatic carbocycles. The van der Waals surface area contributed by atoms with Crippen molar-refractivity contribution in [3.63, 3.8) is 0 Å². The third kappa shape index (κ3) is 2.51. The molecular weight excluding hydrogens is 176 g/mol. The van der Waals surface area contributed by atoms with Gasteiger partial charge in [-0.15, -0.1) is 5.46 Å². The van der Waals surface area contributed by atoms with Crippen LogP contribution in [0.4, 0.5) is 12.9 Å². The first-order chi connectivity index (χ1) is 5.91. The van der Waals surface area contributed by atoms with Gasteiger partial charge in [0.25, 0.3) is 0 Å². The van der Waals surface area contributed by atoms with E-state index in [1.807, 2.05) is 13.8 Å². The molecule has 0 aliphatic rings. The molecule has 0 heterocycles. The van der Waals surface area contributed by atoms with Crippen LogP contribution >= 0.6 is 0 Å². The third-order valence-electron chi connectivity index (χ3n) is 1.96. The molecule has 0 saturated carbocycles. The van der Waals surface area contributed by atoms with Crippen molar-refractivity contribution in [1.82, 2.24) is 0 Å². The second-order valence-corrected chi connectivity index (χ2v) is 3.40. The van der Waals surface area contributed by atoms with Gasteiger partial charge in [-0.05, 0) is 11.5 Å². The normalized spacial score (nSPS) is 12.2. The number of halogens is 3. The van der Waals surface area contributed by atoms with Crippen LogP contribution in [0.3, 0.4) is 0 Å². The summed E-state index contributed by atoms with van der Waals surface area (Å²) < 4.78 is 36.9. The van der Waals surface area contributed by atoms with E-state index in [1.54, 1.807) is 6.07 Å². The molecule has 0 radical (unpaired) electrons. The first-order valence-corrected chi connectivity index (χ1v) is 4.21. The van der Waals surface area contributed by atoms with E-state index in [-0.39, 0.29) is 5.92 Å². The van der Waals surface area contributed by atoms with Crippen molar-refractivity contribution in [1.29, 1.82) is 0 Å². The summed E-state index contributed by atoms with van der Waals surface area (Å²) in [5.41, 5.74) is 0.225. The highest BCUT2D eigenvalue weighted by atomic mass is 19.4. The molecule has 0 amide bonds. The first kappa shape index (κ1) is 10.2. The van der Waals surface area contributed by atoms with Gasteiger partial charge in [0, 0.05) is 0 Å². The molecule has 0 N–H and O–H groups in total. The molecule has 0 spiro atoms. The monoisotopic (exact) mass is 187 g/mol. The second kappa shape index (κ2) is 3.44. The summed E-state index contributed by atoms with van der Waals surface area (Å²) in [5.74, 6) is 0.137. The predicted molar refractivity (Wildman–Crippen MR) is 49.2 cm³/mol. The first-order valence-electron chi connectivity index (χ1n) is 4.21. The molecule has 0 atom stereocenters. The lowest BCUT2D eigenvalue weighted by atomic mass is 9.78. The zero-order valence-electron chi connectivity index (χ0n) is 7.60. The maximum Gasteiger partial charge on any atom is 0.509 e. The van der Waals surface area contributed by atoms with Crippen LogP contribution in [0, 0.1) is 0 Å². The van der Waals surface area contributed by atoms with Gasteiger partial charge in [-0.25, -0.2) is 0 Å². The lowest BCUT2D eigenvalue weighted by Crippen LogP contribution is -2.34. The highest BCUT2D eigenvalue weighted by molar-refractivity contribution is 6.73. The quantitative estimate of drug-likeness (QED) is 0.624. The summed E-state index contributed by atoms with van der Waals surface area (Å²) in [6, 6.07) is 5.52. The molecule has 0 saturated heterocycles. The SMILES string of the molecule is CC(C)c1cccc([B-](F)(F)F)c1. The average molecular weight is 187 g/mol. The van der Waals surface area contributed by atoms with Gasteiger partial charge in [-0.1, -0.05) is 38.1 Å². The van der Waals surface area contributed by atoms with Crippen molar-refractivity contribution in [2.75, 3.05) is 0 Å². The zero-order valence-corrected chi connectivity index (χ0v) is 7.60. The second-order valence-electron chi connectivity index (χ2n) is 3.40. The molecule has 0 aromatic heterocycles. The van der Waals surface area contributed by atoms with Crippen LogP contribution in [-0.2, 0) is 0 Å². The summed E-state index contributed by atoms with van der Waals surface area (Å²) in [4.78, 5) is 0. The Balaban J connectivity index is 3.06. The fourth-order valence-electron chi connectivity index (χ4n) is 1.12. The van der Waals surface area contributed by atoms with Gasteiger partial charge >= 0.3 is 6.98 Å². The van der Waals surface area contributed by atoms with Crippen LogP contribution in [0.25, 0.3) is 0 Å². The van der Waals surface area contributed by atoms with Crippen molar-refractivity contribution in [2.24, 2.45) is 0 Å². The van der Waals surface area contributed by atoms with Gasteiger partial charge in [-0.2, -0.15) is 0 Å². The van der Waals surface area contributed by atoms with Gasteiger partial charge in [-0.3, -0.25) is 0 Å². The van der Waals surface area contributed by atoms with E-state index in [9.17, 15) is 12.9 Å². The van der Waals surface area contributed by atoms with E-state index in [0.717, 1.165) is 11.6 Å². The van der Waals surface area contributed by atoms with Crippen LogP contribution < -0.4 is 5.46 Å². The lowest BCUT2D eigenvalue weighted by molar-refractivity contribution is 0.501. The smallest absolute Gasteiger partial charge is 0.445 e. The minimum absolute atomic E-state index is 0.137. The molecule has 0 aliphatic carbocycles. The van der Waals surface area contributed by atoms with Gasteiger partial charge < -0.3 is 12.9 Å². The minimum Gasteiger partial charge on any atom is -0.445 e. The summed E-state index contributed by atoms with van der Waals surface area (Å²) in [5, 5.41) is 0. The predicted octanol–water partition coefficient (Wildman–Crippen LogP) is 2.86. The molecule has 13 heavy (non-hydrogen) atoms. The van der Waals surface area contributed by atoms with Crippen LogP contribution in [0.5, 0.6) is 0 Å². The Morgan fingerprint density at radius 3 is 2.23 bits per heavy atom. The molecule has 0 unspecified atom stereocenters. The highest BCUT2D eigenvalue weighted by Crippen LogP contribution is 2.15. The van der Waals surface area contributed by atoms with Crippen LogP contribution in [0.1, 0.15) is 25.3 Å². The molecule has 0 fully saturated rings. The summed E-state index contributed by atoms with van der Waals surface area (Å²) in [7, 11) is 0. The summed E-state index contributed by atoms with van der Waals surface area (Å²) >= 11 is 0. The number of hydrogen-bond acceptors (Lipinski definition) is 0. The van der Waals surface area contributed by atoms with Crippen LogP contribution in [0.2, 0.25) is 0 Å². The van der Waals surface area contributed by atoms with Gasteiger partial charge in [0.05, 0.1) is 0 Å². The summed E-state index contributed by atoms with van der Waals surface area (Å²) in [6.45, 7) is -1.10. The van der Waals surface area contributed by atoms with E-state index in [2.05, 4.69) is 0 Å². The third-order valence-corrected chi connectivity index (χ3v) is 1.96. The number of hydrogen-bond donors (Lipinski definition) is 0. The Morgan fingerprint density at radius 1 is 1.15 bits per heavy atom. The van der Waals surface area contributed by atoms with Crippen LogP contribution in [0.15, 0.2) is 24.3 Å². The van der Waals surface area contributed by atoms with Crippen molar-refractivity contribution in [2.45, 2.75) is 19.8 Å². The Bertz CT molecular complexity index is 291. The molecule has 72 valence electrons. The number of rotatable bonds is 2. The molecule has 0 nitrogen and oxygen atoms in total. The molecule has 1 rings (SSSR count). The standard InChI is InChI=1S/C9H11BF3/c1-7(2)8-4-3-5-9(6-8)10(11,12)13/h3-7H,1-2H3/q-1. The fourth-order valence-corrected chi connectivity index (χ4v) is 1.12. The van der Waals surface area contributed by atoms with Crippen molar-refractivity contribution < 1.29 is 12.9 Å². The molecule has 4 heteroatoms. The van der Waals surface area contributed by atoms with Gasteiger partial charge in [0.2, 0.25) is 0 Å². The zero-order chi connectivity index (χ0) is 10.1. The maximum atomic E-state index is 12.3. The topological polar surface area (TPSA) is 0 Å². The van der Waals surface area contributed by atoms with Crippen molar-refractivity contribution in [3.8, 4) is 0 Å². The fraction of sp³-hybridized carbons (Fsp3) is 0.333. The average Bonchev–Trinajstić information content (AvgIpc) is 2.03. The molecule has 1 aromatic rings. The van der Waals surface area contributed by atoms with Gasteiger partial charge in [0.15, 0.2) is 0 Å². The van der Waals surface area contributed by atoms with E-state index < -0.39 is 12.4 Å². The minimum atomic E-state index is -4.85. The van der Waals surface area contributed by atoms with Crippen molar-refractivity contribution in [3.05, 3.63) is 29.8 Å². The Kier molecular flexibility index (Phi) is 2.69. The van der Waals surface area contributed by atoms with Crippen LogP contribution in [-0.4, -0.2) is 6.98 Å². The Morgan fingerprint density at radius 2 is 1.77 bits per heavy atom. The highest BCUT2D eigenvalue weighted by Gasteiger charge is 2.25.